The molecule has 0 spiro atoms. The van der Waals surface area contributed by atoms with E-state index in [1.807, 2.05) is 0 Å². The highest BCUT2D eigenvalue weighted by atomic mass is 35.5. The van der Waals surface area contributed by atoms with Gasteiger partial charge in [0.2, 0.25) is 5.91 Å². The lowest BCUT2D eigenvalue weighted by molar-refractivity contribution is -0.115. The SMILES string of the molecule is C[C@@H](Sc1nnc(-c2ccco2)n1C)C(=O)Nc1cc(Cl)c(Cl)cc1Cl. The van der Waals surface area contributed by atoms with Gasteiger partial charge in [-0.25, -0.2) is 0 Å². The van der Waals surface area contributed by atoms with Gasteiger partial charge >= 0.3 is 0 Å². The Hall–Kier alpha value is -1.67. The first kappa shape index (κ1) is 19.1. The van der Waals surface area contributed by atoms with Crippen LogP contribution in [0.1, 0.15) is 6.92 Å². The Morgan fingerprint density at radius 3 is 2.65 bits per heavy atom. The van der Waals surface area contributed by atoms with Crippen molar-refractivity contribution in [2.45, 2.75) is 17.3 Å². The summed E-state index contributed by atoms with van der Waals surface area (Å²) < 4.78 is 7.09. The molecule has 0 fully saturated rings. The van der Waals surface area contributed by atoms with Crippen molar-refractivity contribution < 1.29 is 9.21 Å². The fourth-order valence-corrected chi connectivity index (χ4v) is 3.51. The highest BCUT2D eigenvalue weighted by molar-refractivity contribution is 8.00. The maximum Gasteiger partial charge on any atom is 0.237 e. The first-order valence-electron chi connectivity index (χ1n) is 7.42. The van der Waals surface area contributed by atoms with Gasteiger partial charge in [0.05, 0.1) is 32.3 Å². The summed E-state index contributed by atoms with van der Waals surface area (Å²) in [4.78, 5) is 12.5. The summed E-state index contributed by atoms with van der Waals surface area (Å²) in [7, 11) is 1.81. The van der Waals surface area contributed by atoms with Crippen LogP contribution in [0.4, 0.5) is 5.69 Å². The number of nitrogens with one attached hydrogen (secondary N) is 1. The van der Waals surface area contributed by atoms with E-state index < -0.39 is 5.25 Å². The first-order valence-corrected chi connectivity index (χ1v) is 9.43. The van der Waals surface area contributed by atoms with Gasteiger partial charge in [0.25, 0.3) is 0 Å². The van der Waals surface area contributed by atoms with E-state index in [-0.39, 0.29) is 5.91 Å². The standard InChI is InChI=1S/C16H13Cl3N4O2S/c1-8(15(24)20-12-7-10(18)9(17)6-11(12)19)26-16-22-21-14(23(16)2)13-4-3-5-25-13/h3-8H,1-2H3,(H,20,24)/t8-/m1/s1. The molecule has 0 radical (unpaired) electrons. The molecule has 6 nitrogen and oxygen atoms in total. The van der Waals surface area contributed by atoms with Crippen LogP contribution in [0, 0.1) is 0 Å². The zero-order valence-corrected chi connectivity index (χ0v) is 16.7. The maximum absolute atomic E-state index is 12.5. The number of carbonyl (C=O) groups excluding carboxylic acids is 1. The van der Waals surface area contributed by atoms with Crippen molar-refractivity contribution in [3.8, 4) is 11.6 Å². The molecule has 2 heterocycles. The molecular weight excluding hydrogens is 419 g/mol. The molecule has 0 bridgehead atoms. The Morgan fingerprint density at radius 1 is 1.23 bits per heavy atom. The van der Waals surface area contributed by atoms with E-state index in [1.165, 1.54) is 23.9 Å². The summed E-state index contributed by atoms with van der Waals surface area (Å²) in [5.74, 6) is 0.932. The van der Waals surface area contributed by atoms with Gasteiger partial charge in [-0.2, -0.15) is 0 Å². The lowest BCUT2D eigenvalue weighted by Crippen LogP contribution is -2.23. The number of amides is 1. The van der Waals surface area contributed by atoms with Crippen molar-refractivity contribution in [3.05, 3.63) is 45.6 Å². The molecule has 1 amide bonds. The van der Waals surface area contributed by atoms with Crippen molar-refractivity contribution >= 4 is 58.2 Å². The number of thioether (sulfide) groups is 1. The number of furan rings is 1. The number of rotatable bonds is 5. The Morgan fingerprint density at radius 2 is 1.96 bits per heavy atom. The minimum absolute atomic E-state index is 0.252. The fourth-order valence-electron chi connectivity index (χ4n) is 2.10. The molecule has 1 atom stereocenters. The Labute approximate surface area is 168 Å². The number of aromatic nitrogens is 3. The molecule has 3 rings (SSSR count). The summed E-state index contributed by atoms with van der Waals surface area (Å²) in [6.07, 6.45) is 1.56. The predicted molar refractivity (Wildman–Crippen MR) is 104 cm³/mol. The van der Waals surface area contributed by atoms with Gasteiger partial charge < -0.3 is 14.3 Å². The summed E-state index contributed by atoms with van der Waals surface area (Å²) in [5.41, 5.74) is 0.396. The van der Waals surface area contributed by atoms with Crippen LogP contribution in [0.2, 0.25) is 15.1 Å². The van der Waals surface area contributed by atoms with E-state index in [0.29, 0.717) is 37.5 Å². The molecule has 3 aromatic rings. The number of halogens is 3. The predicted octanol–water partition coefficient (Wildman–Crippen LogP) is 5.15. The Kier molecular flexibility index (Phi) is 5.82. The smallest absolute Gasteiger partial charge is 0.237 e. The molecule has 0 aliphatic heterocycles. The monoisotopic (exact) mass is 430 g/mol. The molecule has 26 heavy (non-hydrogen) atoms. The van der Waals surface area contributed by atoms with Gasteiger partial charge in [0, 0.05) is 7.05 Å². The molecule has 0 aliphatic rings. The number of benzene rings is 1. The van der Waals surface area contributed by atoms with E-state index in [0.717, 1.165) is 0 Å². The zero-order chi connectivity index (χ0) is 18.8. The molecule has 0 saturated heterocycles. The minimum Gasteiger partial charge on any atom is -0.461 e. The van der Waals surface area contributed by atoms with Crippen LogP contribution in [0.25, 0.3) is 11.6 Å². The van der Waals surface area contributed by atoms with Crippen LogP contribution in [0.15, 0.2) is 40.1 Å². The lowest BCUT2D eigenvalue weighted by Gasteiger charge is -2.13. The van der Waals surface area contributed by atoms with Crippen LogP contribution in [-0.2, 0) is 11.8 Å². The van der Waals surface area contributed by atoms with E-state index in [1.54, 1.807) is 36.9 Å². The summed E-state index contributed by atoms with van der Waals surface area (Å²) in [6, 6.07) is 6.56. The highest BCUT2D eigenvalue weighted by Gasteiger charge is 2.21. The average molecular weight is 432 g/mol. The van der Waals surface area contributed by atoms with Crippen molar-refractivity contribution in [1.82, 2.24) is 14.8 Å². The maximum atomic E-state index is 12.5. The van der Waals surface area contributed by atoms with Crippen LogP contribution in [-0.4, -0.2) is 25.9 Å². The number of anilines is 1. The van der Waals surface area contributed by atoms with Gasteiger partial charge in [0.1, 0.15) is 0 Å². The molecule has 0 saturated carbocycles. The molecule has 2 aromatic heterocycles. The second-order valence-electron chi connectivity index (χ2n) is 5.34. The fraction of sp³-hybridized carbons (Fsp3) is 0.188. The second-order valence-corrected chi connectivity index (χ2v) is 7.87. The summed E-state index contributed by atoms with van der Waals surface area (Å²) in [6.45, 7) is 1.76. The van der Waals surface area contributed by atoms with Gasteiger partial charge in [-0.05, 0) is 31.2 Å². The van der Waals surface area contributed by atoms with Gasteiger partial charge in [-0.3, -0.25) is 4.79 Å². The third kappa shape index (κ3) is 4.01. The van der Waals surface area contributed by atoms with E-state index in [4.69, 9.17) is 39.2 Å². The molecule has 0 unspecified atom stereocenters. The third-order valence-corrected chi connectivity index (χ3v) is 5.66. The van der Waals surface area contributed by atoms with Crippen molar-refractivity contribution in [3.63, 3.8) is 0 Å². The van der Waals surface area contributed by atoms with Gasteiger partial charge in [-0.1, -0.05) is 46.6 Å². The second kappa shape index (κ2) is 7.92. The van der Waals surface area contributed by atoms with E-state index in [9.17, 15) is 4.79 Å². The normalized spacial score (nSPS) is 12.2. The number of carbonyl (C=O) groups is 1. The van der Waals surface area contributed by atoms with Crippen LogP contribution in [0.3, 0.4) is 0 Å². The van der Waals surface area contributed by atoms with Gasteiger partial charge in [0.15, 0.2) is 16.7 Å². The van der Waals surface area contributed by atoms with Crippen molar-refractivity contribution in [1.29, 1.82) is 0 Å². The summed E-state index contributed by atoms with van der Waals surface area (Å²) >= 11 is 19.2. The number of nitrogens with zero attached hydrogens (tertiary/aromatic N) is 3. The average Bonchev–Trinajstić information content (AvgIpc) is 3.23. The Balaban J connectivity index is 1.71. The Bertz CT molecular complexity index is 943. The van der Waals surface area contributed by atoms with Crippen LogP contribution >= 0.6 is 46.6 Å². The highest BCUT2D eigenvalue weighted by Crippen LogP contribution is 2.33. The molecule has 1 aromatic carbocycles. The molecular formula is C16H13Cl3N4O2S. The quantitative estimate of drug-likeness (QED) is 0.446. The largest absolute Gasteiger partial charge is 0.461 e. The number of hydrogen-bond donors (Lipinski definition) is 1. The third-order valence-electron chi connectivity index (χ3n) is 3.50. The van der Waals surface area contributed by atoms with Crippen LogP contribution < -0.4 is 5.32 Å². The first-order chi connectivity index (χ1) is 12.4. The van der Waals surface area contributed by atoms with Crippen molar-refractivity contribution in [2.75, 3.05) is 5.32 Å². The summed E-state index contributed by atoms with van der Waals surface area (Å²) in [5, 5.41) is 12.0. The molecule has 0 aliphatic carbocycles. The van der Waals surface area contributed by atoms with Crippen molar-refractivity contribution in [2.24, 2.45) is 7.05 Å². The molecule has 10 heteroatoms. The minimum atomic E-state index is -0.451. The molecule has 1 N–H and O–H groups in total. The topological polar surface area (TPSA) is 73.0 Å². The molecule has 136 valence electrons. The van der Waals surface area contributed by atoms with Crippen LogP contribution in [0.5, 0.6) is 0 Å². The van der Waals surface area contributed by atoms with E-state index >= 15 is 0 Å². The zero-order valence-electron chi connectivity index (χ0n) is 13.7. The van der Waals surface area contributed by atoms with Gasteiger partial charge in [-0.15, -0.1) is 10.2 Å². The lowest BCUT2D eigenvalue weighted by atomic mass is 10.3. The van der Waals surface area contributed by atoms with E-state index in [2.05, 4.69) is 15.5 Å². The number of hydrogen-bond acceptors (Lipinski definition) is 5.